The molecular formula is C18H21N. The average molecular weight is 251 g/mol. The Kier molecular flexibility index (Phi) is 3.65. The summed E-state index contributed by atoms with van der Waals surface area (Å²) in [6.45, 7) is 3.22. The van der Waals surface area contributed by atoms with Gasteiger partial charge in [-0.15, -0.1) is 0 Å². The van der Waals surface area contributed by atoms with Crippen LogP contribution in [0.15, 0.2) is 48.5 Å². The second kappa shape index (κ2) is 5.58. The molecule has 1 aliphatic carbocycles. The highest BCUT2D eigenvalue weighted by molar-refractivity contribution is 5.67. The summed E-state index contributed by atoms with van der Waals surface area (Å²) in [5, 5.41) is 3.55. The monoisotopic (exact) mass is 251 g/mol. The van der Waals surface area contributed by atoms with Gasteiger partial charge in [-0.25, -0.2) is 0 Å². The summed E-state index contributed by atoms with van der Waals surface area (Å²) < 4.78 is 0. The Morgan fingerprint density at radius 1 is 1.00 bits per heavy atom. The van der Waals surface area contributed by atoms with E-state index >= 15 is 0 Å². The van der Waals surface area contributed by atoms with Crippen LogP contribution in [0, 0.1) is 0 Å². The highest BCUT2D eigenvalue weighted by Crippen LogP contribution is 2.25. The molecule has 19 heavy (non-hydrogen) atoms. The Balaban J connectivity index is 1.77. The van der Waals surface area contributed by atoms with Crippen molar-refractivity contribution in [2.45, 2.75) is 38.8 Å². The first-order chi connectivity index (χ1) is 9.36. The van der Waals surface area contributed by atoms with E-state index < -0.39 is 0 Å². The van der Waals surface area contributed by atoms with E-state index in [1.54, 1.807) is 0 Å². The van der Waals surface area contributed by atoms with Crippen LogP contribution in [-0.2, 0) is 13.0 Å². The first kappa shape index (κ1) is 12.4. The molecule has 0 aliphatic heterocycles. The van der Waals surface area contributed by atoms with Gasteiger partial charge in [0.25, 0.3) is 0 Å². The van der Waals surface area contributed by atoms with Crippen molar-refractivity contribution in [2.75, 3.05) is 0 Å². The van der Waals surface area contributed by atoms with E-state index in [4.69, 9.17) is 0 Å². The van der Waals surface area contributed by atoms with Crippen LogP contribution in [0.25, 0.3) is 11.1 Å². The lowest BCUT2D eigenvalue weighted by Crippen LogP contribution is -2.15. The van der Waals surface area contributed by atoms with Gasteiger partial charge in [0.2, 0.25) is 0 Å². The molecular weight excluding hydrogens is 230 g/mol. The molecule has 0 bridgehead atoms. The van der Waals surface area contributed by atoms with Gasteiger partial charge >= 0.3 is 0 Å². The van der Waals surface area contributed by atoms with Crippen molar-refractivity contribution in [1.29, 1.82) is 0 Å². The lowest BCUT2D eigenvalue weighted by molar-refractivity contribution is 0.688. The van der Waals surface area contributed by atoms with Gasteiger partial charge in [-0.1, -0.05) is 55.5 Å². The smallest absolute Gasteiger partial charge is 0.0208 e. The zero-order valence-corrected chi connectivity index (χ0v) is 11.5. The van der Waals surface area contributed by atoms with Crippen LogP contribution in [0.4, 0.5) is 0 Å². The number of hydrogen-bond acceptors (Lipinski definition) is 1. The van der Waals surface area contributed by atoms with Crippen LogP contribution in [-0.4, -0.2) is 6.04 Å². The molecule has 1 nitrogen and oxygen atoms in total. The highest BCUT2D eigenvalue weighted by Gasteiger charge is 2.19. The average Bonchev–Trinajstić information content (AvgIpc) is 3.30. The summed E-state index contributed by atoms with van der Waals surface area (Å²) >= 11 is 0. The van der Waals surface area contributed by atoms with Gasteiger partial charge in [0.05, 0.1) is 0 Å². The predicted molar refractivity (Wildman–Crippen MR) is 81.1 cm³/mol. The first-order valence-electron chi connectivity index (χ1n) is 7.27. The maximum absolute atomic E-state index is 3.55. The molecule has 1 heteroatoms. The van der Waals surface area contributed by atoms with Crippen LogP contribution in [0.1, 0.15) is 30.9 Å². The van der Waals surface area contributed by atoms with Crippen molar-refractivity contribution in [3.63, 3.8) is 0 Å². The molecule has 2 aromatic carbocycles. The SMILES string of the molecule is CCc1ccccc1-c1ccc(CNC2CC2)cc1. The number of benzene rings is 2. The predicted octanol–water partition coefficient (Wildman–Crippen LogP) is 4.17. The Morgan fingerprint density at radius 2 is 1.74 bits per heavy atom. The summed E-state index contributed by atoms with van der Waals surface area (Å²) in [6.07, 6.45) is 3.78. The fourth-order valence-electron chi connectivity index (χ4n) is 2.46. The van der Waals surface area contributed by atoms with E-state index in [0.29, 0.717) is 0 Å². The van der Waals surface area contributed by atoms with Gasteiger partial charge in [0.15, 0.2) is 0 Å². The Bertz CT molecular complexity index is 538. The van der Waals surface area contributed by atoms with E-state index in [0.717, 1.165) is 19.0 Å². The van der Waals surface area contributed by atoms with Crippen molar-refractivity contribution >= 4 is 0 Å². The Morgan fingerprint density at radius 3 is 2.42 bits per heavy atom. The van der Waals surface area contributed by atoms with Crippen molar-refractivity contribution in [3.8, 4) is 11.1 Å². The van der Waals surface area contributed by atoms with Gasteiger partial charge in [0, 0.05) is 12.6 Å². The molecule has 0 saturated heterocycles. The van der Waals surface area contributed by atoms with Gasteiger partial charge in [-0.2, -0.15) is 0 Å². The number of nitrogens with one attached hydrogen (secondary N) is 1. The third-order valence-electron chi connectivity index (χ3n) is 3.84. The van der Waals surface area contributed by atoms with Gasteiger partial charge in [-0.05, 0) is 41.5 Å². The second-order valence-electron chi connectivity index (χ2n) is 5.36. The largest absolute Gasteiger partial charge is 0.310 e. The quantitative estimate of drug-likeness (QED) is 0.841. The topological polar surface area (TPSA) is 12.0 Å². The minimum Gasteiger partial charge on any atom is -0.310 e. The van der Waals surface area contributed by atoms with Gasteiger partial charge in [-0.3, -0.25) is 0 Å². The van der Waals surface area contributed by atoms with E-state index in [1.807, 2.05) is 0 Å². The molecule has 0 amide bonds. The van der Waals surface area contributed by atoms with Crippen molar-refractivity contribution in [3.05, 3.63) is 59.7 Å². The fraction of sp³-hybridized carbons (Fsp3) is 0.333. The van der Waals surface area contributed by atoms with Crippen LogP contribution < -0.4 is 5.32 Å². The molecule has 0 heterocycles. The number of rotatable bonds is 5. The lowest BCUT2D eigenvalue weighted by atomic mass is 9.97. The third kappa shape index (κ3) is 3.05. The maximum atomic E-state index is 3.55. The summed E-state index contributed by atoms with van der Waals surface area (Å²) in [4.78, 5) is 0. The van der Waals surface area contributed by atoms with Crippen LogP contribution in [0.2, 0.25) is 0 Å². The Hall–Kier alpha value is -1.60. The molecule has 1 saturated carbocycles. The molecule has 0 spiro atoms. The van der Waals surface area contributed by atoms with Gasteiger partial charge < -0.3 is 5.32 Å². The minimum absolute atomic E-state index is 0.778. The second-order valence-corrected chi connectivity index (χ2v) is 5.36. The standard InChI is InChI=1S/C18H21N/c1-2-15-5-3-4-6-18(15)16-9-7-14(8-10-16)13-19-17-11-12-17/h3-10,17,19H,2,11-13H2,1H3. The molecule has 98 valence electrons. The van der Waals surface area contributed by atoms with E-state index in [1.165, 1.54) is 35.1 Å². The van der Waals surface area contributed by atoms with Crippen LogP contribution in [0.5, 0.6) is 0 Å². The zero-order chi connectivity index (χ0) is 13.1. The number of aryl methyl sites for hydroxylation is 1. The van der Waals surface area contributed by atoms with Crippen molar-refractivity contribution < 1.29 is 0 Å². The van der Waals surface area contributed by atoms with Crippen molar-refractivity contribution in [1.82, 2.24) is 5.32 Å². The summed E-state index contributed by atoms with van der Waals surface area (Å²) in [5.41, 5.74) is 5.50. The highest BCUT2D eigenvalue weighted by atomic mass is 14.9. The van der Waals surface area contributed by atoms with E-state index in [2.05, 4.69) is 60.8 Å². The fourth-order valence-corrected chi connectivity index (χ4v) is 2.46. The third-order valence-corrected chi connectivity index (χ3v) is 3.84. The maximum Gasteiger partial charge on any atom is 0.0208 e. The molecule has 2 aromatic rings. The van der Waals surface area contributed by atoms with E-state index in [9.17, 15) is 0 Å². The molecule has 1 N–H and O–H groups in total. The van der Waals surface area contributed by atoms with E-state index in [-0.39, 0.29) is 0 Å². The van der Waals surface area contributed by atoms with Gasteiger partial charge in [0.1, 0.15) is 0 Å². The molecule has 0 radical (unpaired) electrons. The zero-order valence-electron chi connectivity index (χ0n) is 11.5. The summed E-state index contributed by atoms with van der Waals surface area (Å²) in [6, 6.07) is 18.5. The summed E-state index contributed by atoms with van der Waals surface area (Å²) in [5.74, 6) is 0. The van der Waals surface area contributed by atoms with Crippen LogP contribution in [0.3, 0.4) is 0 Å². The van der Waals surface area contributed by atoms with Crippen LogP contribution >= 0.6 is 0 Å². The first-order valence-corrected chi connectivity index (χ1v) is 7.27. The molecule has 3 rings (SSSR count). The molecule has 1 aliphatic rings. The normalized spacial score (nSPS) is 14.6. The minimum atomic E-state index is 0.778. The lowest BCUT2D eigenvalue weighted by Gasteiger charge is -2.09. The van der Waals surface area contributed by atoms with Crippen molar-refractivity contribution in [2.24, 2.45) is 0 Å². The Labute approximate surface area is 115 Å². The summed E-state index contributed by atoms with van der Waals surface area (Å²) in [7, 11) is 0. The molecule has 1 fully saturated rings. The molecule has 0 atom stereocenters. The number of hydrogen-bond donors (Lipinski definition) is 1. The molecule has 0 aromatic heterocycles. The molecule has 0 unspecified atom stereocenters.